The third-order valence-corrected chi connectivity index (χ3v) is 5.46. The number of aromatic nitrogens is 2. The summed E-state index contributed by atoms with van der Waals surface area (Å²) in [6, 6.07) is 12.5. The molecule has 9 heteroatoms. The zero-order chi connectivity index (χ0) is 23.8. The molecule has 3 aromatic rings. The minimum Gasteiger partial charge on any atom is -0.508 e. The van der Waals surface area contributed by atoms with Crippen molar-refractivity contribution in [3.8, 4) is 11.4 Å². The highest BCUT2D eigenvalue weighted by atomic mass is 19.4. The van der Waals surface area contributed by atoms with Gasteiger partial charge in [0.2, 0.25) is 5.43 Å². The Kier molecular flexibility index (Phi) is 5.80. The predicted octanol–water partition coefficient (Wildman–Crippen LogP) is 4.19. The highest BCUT2D eigenvalue weighted by molar-refractivity contribution is 5.92. The molecule has 0 aliphatic carbocycles. The van der Waals surface area contributed by atoms with E-state index < -0.39 is 23.1 Å². The fraction of sp³-hybridized carbons (Fsp3) is 0.208. The molecule has 0 atom stereocenters. The van der Waals surface area contributed by atoms with Crippen LogP contribution in [0, 0.1) is 6.92 Å². The molecule has 4 rings (SSSR count). The molecule has 0 fully saturated rings. The summed E-state index contributed by atoms with van der Waals surface area (Å²) in [5, 5.41) is 13.6. The van der Waals surface area contributed by atoms with E-state index in [1.54, 1.807) is 24.3 Å². The second kappa shape index (κ2) is 8.57. The van der Waals surface area contributed by atoms with Crippen LogP contribution in [0.5, 0.6) is 5.75 Å². The van der Waals surface area contributed by atoms with E-state index in [1.165, 1.54) is 34.7 Å². The molecule has 1 aliphatic rings. The molecule has 0 saturated heterocycles. The molecular weight excluding hydrogens is 435 g/mol. The first-order chi connectivity index (χ1) is 15.6. The second-order valence-corrected chi connectivity index (χ2v) is 7.74. The van der Waals surface area contributed by atoms with E-state index in [1.807, 2.05) is 6.08 Å². The molecule has 0 spiro atoms. The van der Waals surface area contributed by atoms with E-state index in [0.717, 1.165) is 23.3 Å². The summed E-state index contributed by atoms with van der Waals surface area (Å²) >= 11 is 0. The average molecular weight is 455 g/mol. The zero-order valence-corrected chi connectivity index (χ0v) is 17.6. The topological polar surface area (TPSA) is 75.4 Å². The normalized spacial score (nSPS) is 14.2. The number of hydrogen-bond acceptors (Lipinski definition) is 4. The average Bonchev–Trinajstić information content (AvgIpc) is 2.79. The van der Waals surface area contributed by atoms with Crippen LogP contribution in [0.25, 0.3) is 11.3 Å². The minimum atomic E-state index is -4.53. The molecule has 1 amide bonds. The SMILES string of the molecule is Cc1cc(=O)c(C(=O)N2CC=C(c3ccc(O)cc3)CC2)nn1-c1cccc(C(F)(F)F)c1. The fourth-order valence-corrected chi connectivity index (χ4v) is 3.71. The number of hydrogen-bond donors (Lipinski definition) is 1. The lowest BCUT2D eigenvalue weighted by Crippen LogP contribution is -2.38. The van der Waals surface area contributed by atoms with Crippen LogP contribution in [0.3, 0.4) is 0 Å². The number of phenolic OH excluding ortho intramolecular Hbond substituents is 1. The van der Waals surface area contributed by atoms with Gasteiger partial charge in [0.15, 0.2) is 5.69 Å². The number of aromatic hydroxyl groups is 1. The first-order valence-electron chi connectivity index (χ1n) is 10.2. The highest BCUT2D eigenvalue weighted by Gasteiger charge is 2.31. The Bertz CT molecular complexity index is 1290. The number of aryl methyl sites for hydroxylation is 1. The number of halogens is 3. The van der Waals surface area contributed by atoms with Crippen molar-refractivity contribution in [3.63, 3.8) is 0 Å². The zero-order valence-electron chi connectivity index (χ0n) is 17.6. The van der Waals surface area contributed by atoms with Crippen LogP contribution < -0.4 is 5.43 Å². The lowest BCUT2D eigenvalue weighted by atomic mass is 9.99. The van der Waals surface area contributed by atoms with Crippen LogP contribution in [0.2, 0.25) is 0 Å². The van der Waals surface area contributed by atoms with Gasteiger partial charge in [0, 0.05) is 24.8 Å². The molecular formula is C24H20F3N3O3. The molecule has 6 nitrogen and oxygen atoms in total. The van der Waals surface area contributed by atoms with Crippen LogP contribution >= 0.6 is 0 Å². The predicted molar refractivity (Wildman–Crippen MR) is 116 cm³/mol. The first-order valence-corrected chi connectivity index (χ1v) is 10.2. The number of benzene rings is 2. The third kappa shape index (κ3) is 4.67. The van der Waals surface area contributed by atoms with Crippen LogP contribution in [-0.4, -0.2) is 38.8 Å². The van der Waals surface area contributed by atoms with E-state index >= 15 is 0 Å². The van der Waals surface area contributed by atoms with Gasteiger partial charge in [-0.05, 0) is 54.8 Å². The van der Waals surface area contributed by atoms with Crippen molar-refractivity contribution < 1.29 is 23.1 Å². The summed E-state index contributed by atoms with van der Waals surface area (Å²) in [5.41, 5.74) is 0.565. The van der Waals surface area contributed by atoms with E-state index in [-0.39, 0.29) is 23.7 Å². The quantitative estimate of drug-likeness (QED) is 0.643. The maximum absolute atomic E-state index is 13.1. The van der Waals surface area contributed by atoms with Gasteiger partial charge in [-0.25, -0.2) is 4.68 Å². The second-order valence-electron chi connectivity index (χ2n) is 7.74. The lowest BCUT2D eigenvalue weighted by molar-refractivity contribution is -0.137. The van der Waals surface area contributed by atoms with Gasteiger partial charge in [0.1, 0.15) is 5.75 Å². The van der Waals surface area contributed by atoms with Gasteiger partial charge in [0.25, 0.3) is 5.91 Å². The minimum absolute atomic E-state index is 0.101. The first kappa shape index (κ1) is 22.3. The largest absolute Gasteiger partial charge is 0.508 e. The van der Waals surface area contributed by atoms with Gasteiger partial charge in [-0.15, -0.1) is 0 Å². The third-order valence-electron chi connectivity index (χ3n) is 5.46. The Morgan fingerprint density at radius 2 is 1.82 bits per heavy atom. The standard InChI is InChI=1S/C24H20F3N3O3/c1-15-13-21(32)22(28-30(15)19-4-2-3-18(14-19)24(25,26)27)23(33)29-11-9-17(10-12-29)16-5-7-20(31)8-6-16/h2-9,13-14,31H,10-12H2,1H3. The monoisotopic (exact) mass is 455 g/mol. The summed E-state index contributed by atoms with van der Waals surface area (Å²) in [5.74, 6) is -0.420. The number of rotatable bonds is 3. The summed E-state index contributed by atoms with van der Waals surface area (Å²) in [4.78, 5) is 27.0. The van der Waals surface area contributed by atoms with Crippen molar-refractivity contribution in [2.24, 2.45) is 0 Å². The van der Waals surface area contributed by atoms with Crippen LogP contribution in [0.4, 0.5) is 13.2 Å². The molecule has 2 aromatic carbocycles. The highest BCUT2D eigenvalue weighted by Crippen LogP contribution is 2.30. The van der Waals surface area contributed by atoms with E-state index in [9.17, 15) is 27.9 Å². The number of carbonyl (C=O) groups is 1. The number of phenols is 1. The molecule has 0 bridgehead atoms. The molecule has 0 saturated carbocycles. The maximum Gasteiger partial charge on any atom is 0.416 e. The van der Waals surface area contributed by atoms with Crippen LogP contribution in [0.1, 0.15) is 33.7 Å². The molecule has 1 aromatic heterocycles. The van der Waals surface area contributed by atoms with E-state index in [2.05, 4.69) is 5.10 Å². The van der Waals surface area contributed by atoms with Gasteiger partial charge in [-0.3, -0.25) is 9.59 Å². The van der Waals surface area contributed by atoms with Crippen molar-refractivity contribution >= 4 is 11.5 Å². The van der Waals surface area contributed by atoms with Crippen molar-refractivity contribution in [1.82, 2.24) is 14.7 Å². The summed E-state index contributed by atoms with van der Waals surface area (Å²) in [6.07, 6.45) is -2.12. The van der Waals surface area contributed by atoms with Gasteiger partial charge in [-0.1, -0.05) is 24.3 Å². The van der Waals surface area contributed by atoms with Gasteiger partial charge < -0.3 is 10.0 Å². The smallest absolute Gasteiger partial charge is 0.416 e. The Morgan fingerprint density at radius 3 is 2.45 bits per heavy atom. The van der Waals surface area contributed by atoms with Crippen LogP contribution in [0.15, 0.2) is 65.5 Å². The van der Waals surface area contributed by atoms with Gasteiger partial charge in [-0.2, -0.15) is 18.3 Å². The fourth-order valence-electron chi connectivity index (χ4n) is 3.71. The Hall–Kier alpha value is -3.88. The van der Waals surface area contributed by atoms with Gasteiger partial charge in [0.05, 0.1) is 11.3 Å². The maximum atomic E-state index is 13.1. The Labute approximate surface area is 187 Å². The molecule has 170 valence electrons. The van der Waals surface area contributed by atoms with Crippen LogP contribution in [-0.2, 0) is 6.18 Å². The van der Waals surface area contributed by atoms with Crippen molar-refractivity contribution in [3.05, 3.63) is 93.4 Å². The lowest BCUT2D eigenvalue weighted by Gasteiger charge is -2.26. The Balaban J connectivity index is 1.62. The molecule has 1 N–H and O–H groups in total. The summed E-state index contributed by atoms with van der Waals surface area (Å²) in [7, 11) is 0. The van der Waals surface area contributed by atoms with Crippen molar-refractivity contribution in [1.29, 1.82) is 0 Å². The molecule has 1 aliphatic heterocycles. The summed E-state index contributed by atoms with van der Waals surface area (Å²) < 4.78 is 40.5. The molecule has 0 radical (unpaired) electrons. The van der Waals surface area contributed by atoms with Crippen molar-refractivity contribution in [2.75, 3.05) is 13.1 Å². The van der Waals surface area contributed by atoms with E-state index in [4.69, 9.17) is 0 Å². The number of nitrogens with zero attached hydrogens (tertiary/aromatic N) is 3. The molecule has 2 heterocycles. The van der Waals surface area contributed by atoms with Crippen molar-refractivity contribution in [2.45, 2.75) is 19.5 Å². The number of amides is 1. The van der Waals surface area contributed by atoms with Gasteiger partial charge >= 0.3 is 6.18 Å². The summed E-state index contributed by atoms with van der Waals surface area (Å²) in [6.45, 7) is 2.15. The number of carbonyl (C=O) groups excluding carboxylic acids is 1. The van der Waals surface area contributed by atoms with E-state index in [0.29, 0.717) is 18.7 Å². The Morgan fingerprint density at radius 1 is 1.09 bits per heavy atom. The molecule has 0 unspecified atom stereocenters. The number of alkyl halides is 3. The molecule has 33 heavy (non-hydrogen) atoms.